The van der Waals surface area contributed by atoms with Gasteiger partial charge in [-0.15, -0.1) is 0 Å². The van der Waals surface area contributed by atoms with Gasteiger partial charge in [-0.2, -0.15) is 5.10 Å². The standard InChI is InChI=1S/C21H29ClN4O/c1-13-7-8-18(10-20(13)22)26-16(4)19(15(3)24-26)11-21(27)25-9-5-6-17(12-25)14(2)23/h7-8,10,14,17H,5-6,9,11-12,23H2,1-4H3. The van der Waals surface area contributed by atoms with Crippen LogP contribution < -0.4 is 5.73 Å². The Labute approximate surface area is 166 Å². The first kappa shape index (κ1) is 19.9. The number of aromatic nitrogens is 2. The van der Waals surface area contributed by atoms with Gasteiger partial charge in [-0.1, -0.05) is 17.7 Å². The highest BCUT2D eigenvalue weighted by Crippen LogP contribution is 2.24. The van der Waals surface area contributed by atoms with Gasteiger partial charge in [-0.25, -0.2) is 4.68 Å². The van der Waals surface area contributed by atoms with Gasteiger partial charge in [-0.3, -0.25) is 4.79 Å². The van der Waals surface area contributed by atoms with E-state index in [0.29, 0.717) is 17.4 Å². The summed E-state index contributed by atoms with van der Waals surface area (Å²) in [5.41, 5.74) is 10.9. The van der Waals surface area contributed by atoms with Crippen LogP contribution >= 0.6 is 11.6 Å². The molecule has 0 bridgehead atoms. The zero-order valence-electron chi connectivity index (χ0n) is 16.6. The summed E-state index contributed by atoms with van der Waals surface area (Å²) in [6.07, 6.45) is 2.51. The first-order valence-corrected chi connectivity index (χ1v) is 10.0. The van der Waals surface area contributed by atoms with Gasteiger partial charge >= 0.3 is 0 Å². The Hall–Kier alpha value is -1.85. The van der Waals surface area contributed by atoms with Crippen LogP contribution in [0.25, 0.3) is 5.69 Å². The minimum atomic E-state index is 0.123. The largest absolute Gasteiger partial charge is 0.342 e. The topological polar surface area (TPSA) is 64.2 Å². The second-order valence-corrected chi connectivity index (χ2v) is 8.18. The van der Waals surface area contributed by atoms with E-state index in [1.54, 1.807) is 0 Å². The number of nitrogens with two attached hydrogens (primary N) is 1. The predicted molar refractivity (Wildman–Crippen MR) is 109 cm³/mol. The van der Waals surface area contributed by atoms with E-state index in [1.165, 1.54) is 0 Å². The molecule has 27 heavy (non-hydrogen) atoms. The normalized spacial score (nSPS) is 18.6. The summed E-state index contributed by atoms with van der Waals surface area (Å²) in [7, 11) is 0. The Morgan fingerprint density at radius 2 is 2.11 bits per heavy atom. The quantitative estimate of drug-likeness (QED) is 0.870. The lowest BCUT2D eigenvalue weighted by atomic mass is 9.92. The number of amides is 1. The molecule has 2 aromatic rings. The molecule has 1 aliphatic rings. The number of nitrogens with zero attached hydrogens (tertiary/aromatic N) is 3. The predicted octanol–water partition coefficient (Wildman–Crippen LogP) is 3.58. The summed E-state index contributed by atoms with van der Waals surface area (Å²) in [6.45, 7) is 9.56. The Bertz CT molecular complexity index is 843. The van der Waals surface area contributed by atoms with Crippen LogP contribution in [0.2, 0.25) is 5.02 Å². The summed E-state index contributed by atoms with van der Waals surface area (Å²) in [6, 6.07) is 6.03. The zero-order valence-corrected chi connectivity index (χ0v) is 17.4. The maximum atomic E-state index is 12.9. The smallest absolute Gasteiger partial charge is 0.227 e. The monoisotopic (exact) mass is 388 g/mol. The first-order valence-electron chi connectivity index (χ1n) is 9.63. The minimum absolute atomic E-state index is 0.123. The van der Waals surface area contributed by atoms with E-state index in [1.807, 2.05) is 55.5 Å². The van der Waals surface area contributed by atoms with Gasteiger partial charge in [0.25, 0.3) is 0 Å². The van der Waals surface area contributed by atoms with Crippen molar-refractivity contribution in [3.63, 3.8) is 0 Å². The van der Waals surface area contributed by atoms with Crippen molar-refractivity contribution in [1.29, 1.82) is 0 Å². The van der Waals surface area contributed by atoms with Gasteiger partial charge in [0.2, 0.25) is 5.91 Å². The van der Waals surface area contributed by atoms with Crippen LogP contribution in [0.1, 0.15) is 42.3 Å². The van der Waals surface area contributed by atoms with Crippen molar-refractivity contribution < 1.29 is 4.79 Å². The molecule has 0 spiro atoms. The number of halogens is 1. The molecule has 5 nitrogen and oxygen atoms in total. The first-order chi connectivity index (χ1) is 12.8. The Morgan fingerprint density at radius 1 is 1.37 bits per heavy atom. The molecule has 2 N–H and O–H groups in total. The fourth-order valence-electron chi connectivity index (χ4n) is 3.82. The van der Waals surface area contributed by atoms with Crippen LogP contribution in [-0.4, -0.2) is 39.7 Å². The number of carbonyl (C=O) groups excluding carboxylic acids is 1. The third-order valence-electron chi connectivity index (χ3n) is 5.72. The van der Waals surface area contributed by atoms with Crippen molar-refractivity contribution in [3.05, 3.63) is 45.7 Å². The lowest BCUT2D eigenvalue weighted by molar-refractivity contribution is -0.132. The van der Waals surface area contributed by atoms with Crippen molar-refractivity contribution in [3.8, 4) is 5.69 Å². The number of aryl methyl sites for hydroxylation is 2. The number of hydrogen-bond acceptors (Lipinski definition) is 3. The SMILES string of the molecule is Cc1ccc(-n2nc(C)c(CC(=O)N3CCCC(C(C)N)C3)c2C)cc1Cl. The lowest BCUT2D eigenvalue weighted by Crippen LogP contribution is -2.45. The Balaban J connectivity index is 1.80. The van der Waals surface area contributed by atoms with Crippen molar-refractivity contribution in [2.75, 3.05) is 13.1 Å². The van der Waals surface area contributed by atoms with E-state index in [0.717, 1.165) is 54.1 Å². The van der Waals surface area contributed by atoms with Gasteiger partial charge in [0.15, 0.2) is 0 Å². The van der Waals surface area contributed by atoms with Crippen LogP contribution in [0.5, 0.6) is 0 Å². The second kappa shape index (κ2) is 8.03. The van der Waals surface area contributed by atoms with Crippen molar-refractivity contribution >= 4 is 17.5 Å². The summed E-state index contributed by atoms with van der Waals surface area (Å²) in [4.78, 5) is 14.9. The van der Waals surface area contributed by atoms with E-state index in [2.05, 4.69) is 5.10 Å². The van der Waals surface area contributed by atoms with Gasteiger partial charge in [0.05, 0.1) is 17.8 Å². The average Bonchev–Trinajstić information content (AvgIpc) is 2.92. The summed E-state index contributed by atoms with van der Waals surface area (Å²) in [5, 5.41) is 5.38. The highest BCUT2D eigenvalue weighted by molar-refractivity contribution is 6.31. The fourth-order valence-corrected chi connectivity index (χ4v) is 4.00. The van der Waals surface area contributed by atoms with Crippen molar-refractivity contribution in [2.45, 2.75) is 53.0 Å². The summed E-state index contributed by atoms with van der Waals surface area (Å²) >= 11 is 6.28. The zero-order chi connectivity index (χ0) is 19.7. The molecule has 1 fully saturated rings. The Kier molecular flexibility index (Phi) is 5.92. The number of likely N-dealkylation sites (tertiary alicyclic amines) is 1. The fraction of sp³-hybridized carbons (Fsp3) is 0.524. The van der Waals surface area contributed by atoms with Gasteiger partial charge in [0, 0.05) is 35.4 Å². The van der Waals surface area contributed by atoms with Crippen molar-refractivity contribution in [1.82, 2.24) is 14.7 Å². The molecule has 0 saturated carbocycles. The van der Waals surface area contributed by atoms with Crippen LogP contribution in [0.4, 0.5) is 0 Å². The summed E-state index contributed by atoms with van der Waals surface area (Å²) in [5.74, 6) is 0.551. The number of piperidine rings is 1. The highest BCUT2D eigenvalue weighted by atomic mass is 35.5. The van der Waals surface area contributed by atoms with Crippen LogP contribution in [0.3, 0.4) is 0 Å². The van der Waals surface area contributed by atoms with Gasteiger partial charge in [0.1, 0.15) is 0 Å². The van der Waals surface area contributed by atoms with Crippen molar-refractivity contribution in [2.24, 2.45) is 11.7 Å². The number of benzene rings is 1. The third kappa shape index (κ3) is 4.19. The molecule has 3 rings (SSSR count). The van der Waals surface area contributed by atoms with E-state index in [-0.39, 0.29) is 11.9 Å². The molecule has 1 saturated heterocycles. The van der Waals surface area contributed by atoms with E-state index < -0.39 is 0 Å². The molecule has 0 aliphatic carbocycles. The average molecular weight is 389 g/mol. The molecule has 146 valence electrons. The molecule has 1 amide bonds. The lowest BCUT2D eigenvalue weighted by Gasteiger charge is -2.34. The molecule has 1 aliphatic heterocycles. The highest BCUT2D eigenvalue weighted by Gasteiger charge is 2.27. The van der Waals surface area contributed by atoms with Crippen LogP contribution in [-0.2, 0) is 11.2 Å². The molecule has 1 aromatic carbocycles. The molecule has 6 heteroatoms. The van der Waals surface area contributed by atoms with Crippen LogP contribution in [0, 0.1) is 26.7 Å². The van der Waals surface area contributed by atoms with Crippen LogP contribution in [0.15, 0.2) is 18.2 Å². The molecule has 0 radical (unpaired) electrons. The summed E-state index contributed by atoms with van der Waals surface area (Å²) < 4.78 is 1.88. The molecular weight excluding hydrogens is 360 g/mol. The van der Waals surface area contributed by atoms with E-state index in [9.17, 15) is 4.79 Å². The van der Waals surface area contributed by atoms with Gasteiger partial charge < -0.3 is 10.6 Å². The molecule has 2 heterocycles. The molecule has 1 aromatic heterocycles. The third-order valence-corrected chi connectivity index (χ3v) is 6.13. The maximum absolute atomic E-state index is 12.9. The number of carbonyl (C=O) groups is 1. The molecular formula is C21H29ClN4O. The molecule has 2 unspecified atom stereocenters. The number of rotatable bonds is 4. The van der Waals surface area contributed by atoms with E-state index >= 15 is 0 Å². The maximum Gasteiger partial charge on any atom is 0.227 e. The van der Waals surface area contributed by atoms with Gasteiger partial charge in [-0.05, 0) is 64.2 Å². The molecule has 2 atom stereocenters. The second-order valence-electron chi connectivity index (χ2n) is 7.77. The number of hydrogen-bond donors (Lipinski definition) is 1. The van der Waals surface area contributed by atoms with E-state index in [4.69, 9.17) is 17.3 Å². The Morgan fingerprint density at radius 3 is 2.78 bits per heavy atom. The minimum Gasteiger partial charge on any atom is -0.342 e.